The largest absolute Gasteiger partial charge is 0.353 e. The standard InChI is InChI=1S/C17H20N4/c1-21(2)12-11-18-17-13-7-3-4-8-14(13)19-15-9-5-6-10-16(15)20-17/h3-10,19H,11-12H2,1-2H3,(H,18,20). The van der Waals surface area contributed by atoms with Crippen molar-refractivity contribution in [1.29, 1.82) is 0 Å². The SMILES string of the molecule is CN(C)CCN=C1Nc2ccccc2Nc2ccccc21. The Balaban J connectivity index is 1.99. The maximum atomic E-state index is 4.75. The average molecular weight is 280 g/mol. The predicted octanol–water partition coefficient (Wildman–Crippen LogP) is 3.16. The number of fused-ring (bicyclic) bond motifs is 2. The zero-order valence-corrected chi connectivity index (χ0v) is 12.4. The number of aliphatic imine (C=N–C) groups is 1. The zero-order chi connectivity index (χ0) is 14.7. The molecule has 0 radical (unpaired) electrons. The fourth-order valence-electron chi connectivity index (χ4n) is 2.33. The summed E-state index contributed by atoms with van der Waals surface area (Å²) in [5.41, 5.74) is 4.31. The van der Waals surface area contributed by atoms with E-state index in [4.69, 9.17) is 4.99 Å². The summed E-state index contributed by atoms with van der Waals surface area (Å²) in [5.74, 6) is 0.921. The van der Waals surface area contributed by atoms with E-state index >= 15 is 0 Å². The number of benzene rings is 2. The molecule has 2 aromatic rings. The van der Waals surface area contributed by atoms with Gasteiger partial charge in [0.15, 0.2) is 0 Å². The Morgan fingerprint density at radius 2 is 1.48 bits per heavy atom. The lowest BCUT2D eigenvalue weighted by molar-refractivity contribution is 0.420. The number of rotatable bonds is 3. The number of hydrogen-bond donors (Lipinski definition) is 2. The molecule has 0 amide bonds. The van der Waals surface area contributed by atoms with E-state index in [9.17, 15) is 0 Å². The number of para-hydroxylation sites is 3. The molecule has 0 saturated carbocycles. The summed E-state index contributed by atoms with van der Waals surface area (Å²) < 4.78 is 0. The minimum absolute atomic E-state index is 0.770. The lowest BCUT2D eigenvalue weighted by Gasteiger charge is -2.11. The normalized spacial score (nSPS) is 14.9. The maximum Gasteiger partial charge on any atom is 0.134 e. The van der Waals surface area contributed by atoms with Crippen LogP contribution in [0.3, 0.4) is 0 Å². The van der Waals surface area contributed by atoms with Crippen LogP contribution in [0.5, 0.6) is 0 Å². The lowest BCUT2D eigenvalue weighted by atomic mass is 10.1. The van der Waals surface area contributed by atoms with Crippen molar-refractivity contribution in [3.05, 3.63) is 54.1 Å². The molecule has 4 nitrogen and oxygen atoms in total. The summed E-state index contributed by atoms with van der Waals surface area (Å²) in [6.45, 7) is 1.70. The van der Waals surface area contributed by atoms with Crippen molar-refractivity contribution in [2.24, 2.45) is 4.99 Å². The molecule has 1 aliphatic heterocycles. The molecule has 0 saturated heterocycles. The topological polar surface area (TPSA) is 39.7 Å². The highest BCUT2D eigenvalue weighted by atomic mass is 15.1. The van der Waals surface area contributed by atoms with E-state index in [2.05, 4.69) is 53.9 Å². The third-order valence-corrected chi connectivity index (χ3v) is 3.45. The van der Waals surface area contributed by atoms with Crippen molar-refractivity contribution in [1.82, 2.24) is 4.90 Å². The van der Waals surface area contributed by atoms with Gasteiger partial charge in [0.05, 0.1) is 17.9 Å². The van der Waals surface area contributed by atoms with Gasteiger partial charge in [-0.05, 0) is 38.4 Å². The van der Waals surface area contributed by atoms with E-state index in [1.165, 1.54) is 0 Å². The molecule has 21 heavy (non-hydrogen) atoms. The van der Waals surface area contributed by atoms with Crippen molar-refractivity contribution in [3.63, 3.8) is 0 Å². The van der Waals surface area contributed by atoms with Gasteiger partial charge in [-0.2, -0.15) is 0 Å². The van der Waals surface area contributed by atoms with Gasteiger partial charge in [0.2, 0.25) is 0 Å². The molecule has 0 fully saturated rings. The van der Waals surface area contributed by atoms with Gasteiger partial charge in [0, 0.05) is 17.8 Å². The minimum Gasteiger partial charge on any atom is -0.353 e. The molecular formula is C17H20N4. The van der Waals surface area contributed by atoms with E-state index in [0.29, 0.717) is 0 Å². The number of likely N-dealkylation sites (N-methyl/N-ethyl adjacent to an activating group) is 1. The van der Waals surface area contributed by atoms with Crippen LogP contribution in [-0.4, -0.2) is 37.9 Å². The van der Waals surface area contributed by atoms with Gasteiger partial charge in [0.1, 0.15) is 5.84 Å². The summed E-state index contributed by atoms with van der Waals surface area (Å²) >= 11 is 0. The van der Waals surface area contributed by atoms with E-state index in [1.54, 1.807) is 0 Å². The summed E-state index contributed by atoms with van der Waals surface area (Å²) in [6, 6.07) is 16.5. The number of anilines is 3. The Hall–Kier alpha value is -2.33. The fourth-order valence-corrected chi connectivity index (χ4v) is 2.33. The molecule has 0 bridgehead atoms. The number of hydrogen-bond acceptors (Lipinski definition) is 3. The predicted molar refractivity (Wildman–Crippen MR) is 89.7 cm³/mol. The smallest absolute Gasteiger partial charge is 0.134 e. The molecule has 0 atom stereocenters. The first-order chi connectivity index (χ1) is 10.2. The third kappa shape index (κ3) is 3.06. The van der Waals surface area contributed by atoms with Crippen LogP contribution in [0.4, 0.5) is 17.1 Å². The first kappa shape index (κ1) is 13.6. The van der Waals surface area contributed by atoms with Gasteiger partial charge >= 0.3 is 0 Å². The first-order valence-electron chi connectivity index (χ1n) is 7.16. The molecule has 2 N–H and O–H groups in total. The minimum atomic E-state index is 0.770. The molecule has 2 aromatic carbocycles. The summed E-state index contributed by atoms with van der Waals surface area (Å²) in [5, 5.41) is 6.94. The van der Waals surface area contributed by atoms with Crippen molar-refractivity contribution >= 4 is 22.9 Å². The molecule has 3 rings (SSSR count). The highest BCUT2D eigenvalue weighted by molar-refractivity contribution is 6.15. The number of nitrogens with one attached hydrogen (secondary N) is 2. The van der Waals surface area contributed by atoms with Crippen LogP contribution < -0.4 is 10.6 Å². The van der Waals surface area contributed by atoms with Crippen LogP contribution in [0.15, 0.2) is 53.5 Å². The lowest BCUT2D eigenvalue weighted by Crippen LogP contribution is -2.19. The van der Waals surface area contributed by atoms with E-state index < -0.39 is 0 Å². The molecule has 0 aromatic heterocycles. The van der Waals surface area contributed by atoms with Crippen molar-refractivity contribution < 1.29 is 0 Å². The summed E-state index contributed by atoms with van der Waals surface area (Å²) in [4.78, 5) is 6.89. The van der Waals surface area contributed by atoms with E-state index in [1.807, 2.05) is 24.3 Å². The van der Waals surface area contributed by atoms with Crippen molar-refractivity contribution in [2.75, 3.05) is 37.8 Å². The van der Waals surface area contributed by atoms with Crippen LogP contribution >= 0.6 is 0 Å². The molecule has 1 aliphatic rings. The Bertz CT molecular complexity index is 661. The van der Waals surface area contributed by atoms with Gasteiger partial charge in [-0.15, -0.1) is 0 Å². The van der Waals surface area contributed by atoms with Gasteiger partial charge in [-0.3, -0.25) is 4.99 Å². The molecule has 0 spiro atoms. The first-order valence-corrected chi connectivity index (χ1v) is 7.16. The monoisotopic (exact) mass is 280 g/mol. The molecule has 1 heterocycles. The molecule has 0 aliphatic carbocycles. The van der Waals surface area contributed by atoms with Gasteiger partial charge < -0.3 is 15.5 Å². The Kier molecular flexibility index (Phi) is 3.88. The van der Waals surface area contributed by atoms with Crippen LogP contribution in [0, 0.1) is 0 Å². The van der Waals surface area contributed by atoms with Gasteiger partial charge in [-0.1, -0.05) is 24.3 Å². The van der Waals surface area contributed by atoms with Crippen LogP contribution in [-0.2, 0) is 0 Å². The Labute approximate surface area is 125 Å². The quantitative estimate of drug-likeness (QED) is 0.907. The molecule has 0 unspecified atom stereocenters. The highest BCUT2D eigenvalue weighted by Crippen LogP contribution is 2.31. The molecule has 108 valence electrons. The molecular weight excluding hydrogens is 260 g/mol. The van der Waals surface area contributed by atoms with E-state index in [-0.39, 0.29) is 0 Å². The second-order valence-corrected chi connectivity index (χ2v) is 5.37. The second-order valence-electron chi connectivity index (χ2n) is 5.37. The summed E-state index contributed by atoms with van der Waals surface area (Å²) in [7, 11) is 4.12. The number of nitrogens with zero attached hydrogens (tertiary/aromatic N) is 2. The van der Waals surface area contributed by atoms with E-state index in [0.717, 1.165) is 41.6 Å². The second kappa shape index (κ2) is 5.97. The van der Waals surface area contributed by atoms with Crippen LogP contribution in [0.1, 0.15) is 5.56 Å². The maximum absolute atomic E-state index is 4.75. The van der Waals surface area contributed by atoms with Crippen molar-refractivity contribution in [2.45, 2.75) is 0 Å². The van der Waals surface area contributed by atoms with Gasteiger partial charge in [-0.25, -0.2) is 0 Å². The highest BCUT2D eigenvalue weighted by Gasteiger charge is 2.16. The molecule has 4 heteroatoms. The Morgan fingerprint density at radius 3 is 2.19 bits per heavy atom. The summed E-state index contributed by atoms with van der Waals surface area (Å²) in [6.07, 6.45) is 0. The average Bonchev–Trinajstić information content (AvgIpc) is 2.63. The Morgan fingerprint density at radius 1 is 0.857 bits per heavy atom. The van der Waals surface area contributed by atoms with Crippen LogP contribution in [0.2, 0.25) is 0 Å². The zero-order valence-electron chi connectivity index (χ0n) is 12.4. The van der Waals surface area contributed by atoms with Gasteiger partial charge in [0.25, 0.3) is 0 Å². The third-order valence-electron chi connectivity index (χ3n) is 3.45. The number of amidine groups is 1. The fraction of sp³-hybridized carbons (Fsp3) is 0.235. The van der Waals surface area contributed by atoms with Crippen molar-refractivity contribution in [3.8, 4) is 0 Å². The van der Waals surface area contributed by atoms with Crippen LogP contribution in [0.25, 0.3) is 0 Å².